The average molecular weight is 297 g/mol. The maximum absolute atomic E-state index is 12.0. The Kier molecular flexibility index (Phi) is 10.0. The summed E-state index contributed by atoms with van der Waals surface area (Å²) in [5, 5.41) is 20.1. The van der Waals surface area contributed by atoms with Gasteiger partial charge in [-0.25, -0.2) is 4.79 Å². The Hall–Kier alpha value is -1.77. The van der Waals surface area contributed by atoms with Crippen molar-refractivity contribution in [3.8, 4) is 6.07 Å². The molecular formula is C15H27N3O3. The Morgan fingerprint density at radius 3 is 2.48 bits per heavy atom. The molecule has 0 saturated heterocycles. The molecule has 0 saturated carbocycles. The molecule has 120 valence electrons. The third-order valence-electron chi connectivity index (χ3n) is 3.52. The smallest absolute Gasteiger partial charge is 0.317 e. The first-order valence-electron chi connectivity index (χ1n) is 7.55. The Labute approximate surface area is 127 Å². The first-order chi connectivity index (χ1) is 9.92. The van der Waals surface area contributed by atoms with Gasteiger partial charge in [-0.05, 0) is 32.6 Å². The molecule has 21 heavy (non-hydrogen) atoms. The zero-order chi connectivity index (χ0) is 16.3. The van der Waals surface area contributed by atoms with Crippen LogP contribution in [0.1, 0.15) is 52.9 Å². The second-order valence-electron chi connectivity index (χ2n) is 5.42. The fraction of sp³-hybridized carbons (Fsp3) is 0.800. The predicted molar refractivity (Wildman–Crippen MR) is 80.7 cm³/mol. The highest BCUT2D eigenvalue weighted by molar-refractivity contribution is 5.74. The number of rotatable bonds is 10. The van der Waals surface area contributed by atoms with Gasteiger partial charge in [0.1, 0.15) is 0 Å². The number of carbonyl (C=O) groups is 2. The lowest BCUT2D eigenvalue weighted by atomic mass is 9.97. The molecule has 0 fully saturated rings. The van der Waals surface area contributed by atoms with E-state index in [1.165, 1.54) is 0 Å². The Morgan fingerprint density at radius 2 is 2.00 bits per heavy atom. The van der Waals surface area contributed by atoms with Crippen molar-refractivity contribution in [2.45, 2.75) is 58.9 Å². The maximum atomic E-state index is 12.0. The lowest BCUT2D eigenvalue weighted by Crippen LogP contribution is -2.44. The fourth-order valence-corrected chi connectivity index (χ4v) is 2.13. The molecule has 0 aliphatic carbocycles. The lowest BCUT2D eigenvalue weighted by molar-refractivity contribution is -0.137. The van der Waals surface area contributed by atoms with Crippen LogP contribution in [-0.2, 0) is 4.79 Å². The van der Waals surface area contributed by atoms with Crippen molar-refractivity contribution in [1.29, 1.82) is 5.26 Å². The molecule has 1 atom stereocenters. The summed E-state index contributed by atoms with van der Waals surface area (Å²) in [5.41, 5.74) is 0. The average Bonchev–Trinajstić information content (AvgIpc) is 2.42. The monoisotopic (exact) mass is 297 g/mol. The number of nitrogens with zero attached hydrogens (tertiary/aromatic N) is 2. The molecule has 2 amide bonds. The van der Waals surface area contributed by atoms with E-state index in [2.05, 4.69) is 5.32 Å². The van der Waals surface area contributed by atoms with Crippen LogP contribution >= 0.6 is 0 Å². The highest BCUT2D eigenvalue weighted by atomic mass is 16.4. The summed E-state index contributed by atoms with van der Waals surface area (Å²) in [6.07, 6.45) is 2.82. The van der Waals surface area contributed by atoms with Crippen LogP contribution in [0.2, 0.25) is 0 Å². The van der Waals surface area contributed by atoms with Crippen molar-refractivity contribution in [3.05, 3.63) is 0 Å². The quantitative estimate of drug-likeness (QED) is 0.648. The number of carboxylic acid groups (broad SMARTS) is 1. The van der Waals surface area contributed by atoms with Gasteiger partial charge in [0.25, 0.3) is 0 Å². The molecule has 1 unspecified atom stereocenters. The summed E-state index contributed by atoms with van der Waals surface area (Å²) in [6, 6.07) is 1.93. The Balaban J connectivity index is 4.14. The van der Waals surface area contributed by atoms with E-state index in [-0.39, 0.29) is 18.5 Å². The molecular weight excluding hydrogens is 270 g/mol. The van der Waals surface area contributed by atoms with Crippen LogP contribution < -0.4 is 5.32 Å². The number of nitrogens with one attached hydrogen (secondary N) is 1. The van der Waals surface area contributed by atoms with Crippen molar-refractivity contribution < 1.29 is 14.7 Å². The lowest BCUT2D eigenvalue weighted by Gasteiger charge is -2.26. The molecule has 6 nitrogen and oxygen atoms in total. The van der Waals surface area contributed by atoms with Gasteiger partial charge in [-0.15, -0.1) is 0 Å². The van der Waals surface area contributed by atoms with Gasteiger partial charge in [0.15, 0.2) is 0 Å². The molecule has 0 aliphatic rings. The van der Waals surface area contributed by atoms with Crippen LogP contribution in [-0.4, -0.2) is 41.1 Å². The maximum Gasteiger partial charge on any atom is 0.317 e. The van der Waals surface area contributed by atoms with Crippen molar-refractivity contribution in [3.63, 3.8) is 0 Å². The van der Waals surface area contributed by atoms with Crippen molar-refractivity contribution in [2.75, 3.05) is 13.1 Å². The summed E-state index contributed by atoms with van der Waals surface area (Å²) in [5.74, 6) is -0.465. The molecule has 0 spiro atoms. The first-order valence-corrected chi connectivity index (χ1v) is 7.55. The summed E-state index contributed by atoms with van der Waals surface area (Å²) in [7, 11) is 0. The second kappa shape index (κ2) is 11.0. The predicted octanol–water partition coefficient (Wildman–Crippen LogP) is 2.60. The van der Waals surface area contributed by atoms with E-state index in [0.29, 0.717) is 31.8 Å². The minimum Gasteiger partial charge on any atom is -0.481 e. The van der Waals surface area contributed by atoms with E-state index in [9.17, 15) is 9.59 Å². The van der Waals surface area contributed by atoms with E-state index < -0.39 is 5.97 Å². The van der Waals surface area contributed by atoms with Crippen LogP contribution in [0.25, 0.3) is 0 Å². The number of nitriles is 1. The van der Waals surface area contributed by atoms with Crippen LogP contribution in [0.3, 0.4) is 0 Å². The van der Waals surface area contributed by atoms with Gasteiger partial charge in [-0.1, -0.05) is 13.3 Å². The van der Waals surface area contributed by atoms with Gasteiger partial charge in [-0.3, -0.25) is 4.79 Å². The van der Waals surface area contributed by atoms with Crippen LogP contribution in [0, 0.1) is 17.2 Å². The normalized spacial score (nSPS) is 11.8. The minimum atomic E-state index is -0.778. The van der Waals surface area contributed by atoms with E-state index in [0.717, 1.165) is 12.8 Å². The standard InChI is InChI=1S/C15H27N3O3/c1-4-13(6-7-14(19)20)8-10-17-15(21)18(12(2)3)11-5-9-16/h12-13H,4-8,10-11H2,1-3H3,(H,17,21)(H,19,20). The largest absolute Gasteiger partial charge is 0.481 e. The summed E-state index contributed by atoms with van der Waals surface area (Å²) in [6.45, 7) is 6.82. The minimum absolute atomic E-state index is 0.0485. The molecule has 2 N–H and O–H groups in total. The van der Waals surface area contributed by atoms with Crippen molar-refractivity contribution in [2.24, 2.45) is 5.92 Å². The number of aliphatic carboxylic acids is 1. The molecule has 0 aromatic rings. The van der Waals surface area contributed by atoms with Gasteiger partial charge in [0.05, 0.1) is 12.5 Å². The van der Waals surface area contributed by atoms with Crippen LogP contribution in [0.4, 0.5) is 4.79 Å². The molecule has 6 heteroatoms. The zero-order valence-corrected chi connectivity index (χ0v) is 13.3. The summed E-state index contributed by atoms with van der Waals surface area (Å²) in [4.78, 5) is 24.2. The van der Waals surface area contributed by atoms with Gasteiger partial charge in [0.2, 0.25) is 0 Å². The molecule has 0 aromatic carbocycles. The number of carbonyl (C=O) groups excluding carboxylic acids is 1. The number of urea groups is 1. The van der Waals surface area contributed by atoms with E-state index in [1.807, 2.05) is 26.8 Å². The number of hydrogen-bond donors (Lipinski definition) is 2. The third-order valence-corrected chi connectivity index (χ3v) is 3.52. The van der Waals surface area contributed by atoms with Gasteiger partial charge >= 0.3 is 12.0 Å². The Morgan fingerprint density at radius 1 is 1.33 bits per heavy atom. The molecule has 0 radical (unpaired) electrons. The highest BCUT2D eigenvalue weighted by Crippen LogP contribution is 2.14. The van der Waals surface area contributed by atoms with Crippen LogP contribution in [0.15, 0.2) is 0 Å². The molecule has 0 bridgehead atoms. The van der Waals surface area contributed by atoms with E-state index >= 15 is 0 Å². The molecule has 0 aromatic heterocycles. The Bertz CT molecular complexity index is 364. The molecule has 0 rings (SSSR count). The summed E-state index contributed by atoms with van der Waals surface area (Å²) < 4.78 is 0. The van der Waals surface area contributed by atoms with Gasteiger partial charge in [0, 0.05) is 25.6 Å². The molecule has 0 heterocycles. The van der Waals surface area contributed by atoms with E-state index in [1.54, 1.807) is 4.90 Å². The number of amides is 2. The number of hydrogen-bond acceptors (Lipinski definition) is 3. The van der Waals surface area contributed by atoms with Crippen molar-refractivity contribution >= 4 is 12.0 Å². The first kappa shape index (κ1) is 19.2. The molecule has 0 aliphatic heterocycles. The topological polar surface area (TPSA) is 93.4 Å². The van der Waals surface area contributed by atoms with Crippen LogP contribution in [0.5, 0.6) is 0 Å². The number of carboxylic acids is 1. The fourth-order valence-electron chi connectivity index (χ4n) is 2.13. The van der Waals surface area contributed by atoms with Gasteiger partial charge in [-0.2, -0.15) is 5.26 Å². The summed E-state index contributed by atoms with van der Waals surface area (Å²) >= 11 is 0. The van der Waals surface area contributed by atoms with Gasteiger partial charge < -0.3 is 15.3 Å². The second-order valence-corrected chi connectivity index (χ2v) is 5.42. The van der Waals surface area contributed by atoms with E-state index in [4.69, 9.17) is 10.4 Å². The van der Waals surface area contributed by atoms with Crippen molar-refractivity contribution in [1.82, 2.24) is 10.2 Å². The SMILES string of the molecule is CCC(CCNC(=O)N(CCC#N)C(C)C)CCC(=O)O. The third kappa shape index (κ3) is 8.90. The highest BCUT2D eigenvalue weighted by Gasteiger charge is 2.16. The zero-order valence-electron chi connectivity index (χ0n) is 13.3.